The molecule has 0 radical (unpaired) electrons. The van der Waals surface area contributed by atoms with Crippen molar-refractivity contribution in [1.82, 2.24) is 10.2 Å². The average Bonchev–Trinajstić information content (AvgIpc) is 2.35. The van der Waals surface area contributed by atoms with Crippen LogP contribution >= 0.6 is 0 Å². The van der Waals surface area contributed by atoms with Crippen LogP contribution in [0.4, 0.5) is 0 Å². The van der Waals surface area contributed by atoms with Gasteiger partial charge in [-0.3, -0.25) is 9.69 Å². The zero-order chi connectivity index (χ0) is 13.0. The molecule has 1 aromatic carbocycles. The lowest BCUT2D eigenvalue weighted by Crippen LogP contribution is -2.67. The minimum absolute atomic E-state index is 0.0667. The van der Waals surface area contributed by atoms with Gasteiger partial charge in [0.15, 0.2) is 0 Å². The summed E-state index contributed by atoms with van der Waals surface area (Å²) in [6.07, 6.45) is 0.967. The van der Waals surface area contributed by atoms with Crippen molar-refractivity contribution < 1.29 is 4.79 Å². The van der Waals surface area contributed by atoms with Crippen LogP contribution in [0.2, 0.25) is 0 Å². The van der Waals surface area contributed by atoms with Gasteiger partial charge in [0.2, 0.25) is 5.91 Å². The predicted molar refractivity (Wildman–Crippen MR) is 71.9 cm³/mol. The minimum atomic E-state index is -0.0697. The molecule has 0 spiro atoms. The summed E-state index contributed by atoms with van der Waals surface area (Å²) in [5.74, 6) is 0.0667. The fraction of sp³-hybridized carbons (Fsp3) is 0.500. The van der Waals surface area contributed by atoms with Gasteiger partial charge in [-0.15, -0.1) is 0 Å². The molecule has 0 unspecified atom stereocenters. The molecule has 1 heterocycles. The van der Waals surface area contributed by atoms with E-state index in [1.54, 1.807) is 0 Å². The van der Waals surface area contributed by atoms with Gasteiger partial charge in [-0.05, 0) is 12.0 Å². The molecular weight excluding hydrogens is 226 g/mol. The number of nitrogens with two attached hydrogens (primary N) is 1. The highest BCUT2D eigenvalue weighted by Crippen LogP contribution is 2.20. The Morgan fingerprint density at radius 3 is 2.67 bits per heavy atom. The molecular formula is C14H21N3O. The largest absolute Gasteiger partial charge is 0.351 e. The van der Waals surface area contributed by atoms with E-state index in [-0.39, 0.29) is 11.4 Å². The quantitative estimate of drug-likeness (QED) is 0.806. The molecule has 0 atom stereocenters. The van der Waals surface area contributed by atoms with Crippen molar-refractivity contribution in [2.24, 2.45) is 5.73 Å². The van der Waals surface area contributed by atoms with Gasteiger partial charge in [0, 0.05) is 25.2 Å². The van der Waals surface area contributed by atoms with Gasteiger partial charge in [-0.25, -0.2) is 0 Å². The number of nitrogens with one attached hydrogen (secondary N) is 1. The van der Waals surface area contributed by atoms with Gasteiger partial charge in [0.05, 0.1) is 6.54 Å². The van der Waals surface area contributed by atoms with E-state index in [9.17, 15) is 4.79 Å². The average molecular weight is 247 g/mol. The second-order valence-corrected chi connectivity index (χ2v) is 5.12. The van der Waals surface area contributed by atoms with Gasteiger partial charge in [-0.2, -0.15) is 0 Å². The van der Waals surface area contributed by atoms with Crippen molar-refractivity contribution in [2.75, 3.05) is 19.6 Å². The Morgan fingerprint density at radius 1 is 1.39 bits per heavy atom. The lowest BCUT2D eigenvalue weighted by Gasteiger charge is -2.47. The standard InChI is InChI=1S/C14H21N3O/c1-2-14(15)10-17(11-14)9-13(18)16-8-12-6-4-3-5-7-12/h3-7H,2,8-11,15H2,1H3,(H,16,18). The lowest BCUT2D eigenvalue weighted by atomic mass is 9.88. The maximum atomic E-state index is 11.7. The first kappa shape index (κ1) is 13.1. The van der Waals surface area contributed by atoms with Gasteiger partial charge in [0.25, 0.3) is 0 Å². The normalized spacial score (nSPS) is 18.1. The first-order valence-corrected chi connectivity index (χ1v) is 6.43. The first-order chi connectivity index (χ1) is 8.61. The van der Waals surface area contributed by atoms with Crippen molar-refractivity contribution in [2.45, 2.75) is 25.4 Å². The molecule has 18 heavy (non-hydrogen) atoms. The van der Waals surface area contributed by atoms with E-state index in [2.05, 4.69) is 17.1 Å². The van der Waals surface area contributed by atoms with E-state index in [0.29, 0.717) is 13.1 Å². The fourth-order valence-electron chi connectivity index (χ4n) is 2.24. The van der Waals surface area contributed by atoms with Crippen molar-refractivity contribution in [1.29, 1.82) is 0 Å². The Labute approximate surface area is 108 Å². The molecule has 0 bridgehead atoms. The number of likely N-dealkylation sites (tertiary alicyclic amines) is 1. The molecule has 3 N–H and O–H groups in total. The van der Waals surface area contributed by atoms with Crippen molar-refractivity contribution in [3.8, 4) is 0 Å². The molecule has 1 fully saturated rings. The summed E-state index contributed by atoms with van der Waals surface area (Å²) in [7, 11) is 0. The van der Waals surface area contributed by atoms with E-state index in [1.807, 2.05) is 30.3 Å². The molecule has 4 heteroatoms. The zero-order valence-corrected chi connectivity index (χ0v) is 10.9. The van der Waals surface area contributed by atoms with E-state index in [1.165, 1.54) is 0 Å². The zero-order valence-electron chi connectivity index (χ0n) is 10.9. The van der Waals surface area contributed by atoms with Crippen LogP contribution in [0.1, 0.15) is 18.9 Å². The summed E-state index contributed by atoms with van der Waals surface area (Å²) in [6, 6.07) is 9.93. The molecule has 0 aromatic heterocycles. The molecule has 4 nitrogen and oxygen atoms in total. The van der Waals surface area contributed by atoms with Crippen LogP contribution in [-0.2, 0) is 11.3 Å². The second-order valence-electron chi connectivity index (χ2n) is 5.12. The lowest BCUT2D eigenvalue weighted by molar-refractivity contribution is -0.124. The van der Waals surface area contributed by atoms with E-state index < -0.39 is 0 Å². The fourth-order valence-corrected chi connectivity index (χ4v) is 2.24. The summed E-state index contributed by atoms with van der Waals surface area (Å²) in [5, 5.41) is 2.92. The molecule has 1 aromatic rings. The minimum Gasteiger partial charge on any atom is -0.351 e. The topological polar surface area (TPSA) is 58.4 Å². The predicted octanol–water partition coefficient (Wildman–Crippen LogP) is 0.726. The van der Waals surface area contributed by atoms with Crippen LogP contribution < -0.4 is 11.1 Å². The maximum absolute atomic E-state index is 11.7. The van der Waals surface area contributed by atoms with Crippen LogP contribution in [0.25, 0.3) is 0 Å². The van der Waals surface area contributed by atoms with Gasteiger partial charge >= 0.3 is 0 Å². The SMILES string of the molecule is CCC1(N)CN(CC(=O)NCc2ccccc2)C1. The summed E-state index contributed by atoms with van der Waals surface area (Å²) in [5.41, 5.74) is 7.11. The number of nitrogens with zero attached hydrogens (tertiary/aromatic N) is 1. The number of amides is 1. The van der Waals surface area contributed by atoms with Gasteiger partial charge < -0.3 is 11.1 Å². The van der Waals surface area contributed by atoms with Crippen LogP contribution in [-0.4, -0.2) is 36.0 Å². The number of rotatable bonds is 5. The molecule has 1 aliphatic heterocycles. The first-order valence-electron chi connectivity index (χ1n) is 6.43. The van der Waals surface area contributed by atoms with E-state index >= 15 is 0 Å². The summed E-state index contributed by atoms with van der Waals surface area (Å²) in [6.45, 7) is 4.78. The van der Waals surface area contributed by atoms with Crippen LogP contribution in [0.15, 0.2) is 30.3 Å². The number of benzene rings is 1. The Balaban J connectivity index is 1.68. The Morgan fingerprint density at radius 2 is 2.06 bits per heavy atom. The molecule has 98 valence electrons. The third-order valence-electron chi connectivity index (χ3n) is 3.48. The van der Waals surface area contributed by atoms with Crippen molar-refractivity contribution in [3.63, 3.8) is 0 Å². The van der Waals surface area contributed by atoms with Gasteiger partial charge in [0.1, 0.15) is 0 Å². The monoisotopic (exact) mass is 247 g/mol. The van der Waals surface area contributed by atoms with Gasteiger partial charge in [-0.1, -0.05) is 37.3 Å². The molecule has 1 aliphatic rings. The molecule has 1 saturated heterocycles. The third-order valence-corrected chi connectivity index (χ3v) is 3.48. The van der Waals surface area contributed by atoms with E-state index in [4.69, 9.17) is 5.73 Å². The smallest absolute Gasteiger partial charge is 0.234 e. The highest BCUT2D eigenvalue weighted by atomic mass is 16.2. The Hall–Kier alpha value is -1.39. The maximum Gasteiger partial charge on any atom is 0.234 e. The van der Waals surface area contributed by atoms with Crippen LogP contribution in [0.3, 0.4) is 0 Å². The second kappa shape index (κ2) is 5.50. The highest BCUT2D eigenvalue weighted by molar-refractivity contribution is 5.78. The Kier molecular flexibility index (Phi) is 3.99. The van der Waals surface area contributed by atoms with Crippen LogP contribution in [0.5, 0.6) is 0 Å². The summed E-state index contributed by atoms with van der Waals surface area (Å²) < 4.78 is 0. The molecule has 0 aliphatic carbocycles. The third kappa shape index (κ3) is 3.31. The van der Waals surface area contributed by atoms with E-state index in [0.717, 1.165) is 25.1 Å². The molecule has 2 rings (SSSR count). The summed E-state index contributed by atoms with van der Waals surface area (Å²) in [4.78, 5) is 13.8. The summed E-state index contributed by atoms with van der Waals surface area (Å²) >= 11 is 0. The molecule has 0 saturated carbocycles. The highest BCUT2D eigenvalue weighted by Gasteiger charge is 2.38. The van der Waals surface area contributed by atoms with Crippen molar-refractivity contribution >= 4 is 5.91 Å². The Bertz CT molecular complexity index is 399. The number of hydrogen-bond acceptors (Lipinski definition) is 3. The number of hydrogen-bond donors (Lipinski definition) is 2. The number of carbonyl (C=O) groups is 1. The van der Waals surface area contributed by atoms with Crippen molar-refractivity contribution in [3.05, 3.63) is 35.9 Å². The molecule has 1 amide bonds. The number of carbonyl (C=O) groups excluding carboxylic acids is 1. The van der Waals surface area contributed by atoms with Crippen LogP contribution in [0, 0.1) is 0 Å².